The van der Waals surface area contributed by atoms with E-state index in [4.69, 9.17) is 18.9 Å². The van der Waals surface area contributed by atoms with Crippen molar-refractivity contribution in [1.29, 1.82) is 0 Å². The summed E-state index contributed by atoms with van der Waals surface area (Å²) in [6.07, 6.45) is 1.01. The molecule has 0 spiro atoms. The van der Waals surface area contributed by atoms with Crippen LogP contribution < -0.4 is 14.2 Å². The van der Waals surface area contributed by atoms with Crippen LogP contribution >= 0.6 is 0 Å². The molecule has 0 radical (unpaired) electrons. The first kappa shape index (κ1) is 15.9. The molecule has 4 nitrogen and oxygen atoms in total. The van der Waals surface area contributed by atoms with Crippen molar-refractivity contribution in [3.8, 4) is 29.1 Å². The molecule has 2 aromatic rings. The number of methoxy groups -OCH3 is 3. The lowest BCUT2D eigenvalue weighted by molar-refractivity contribution is 0.0656. The van der Waals surface area contributed by atoms with Crippen LogP contribution in [0.1, 0.15) is 35.3 Å². The maximum Gasteiger partial charge on any atom is 0.161 e. The van der Waals surface area contributed by atoms with E-state index in [9.17, 15) is 0 Å². The maximum absolute atomic E-state index is 6.15. The number of ether oxygens (including phenoxy) is 4. The van der Waals surface area contributed by atoms with Gasteiger partial charge in [-0.05, 0) is 53.9 Å². The third-order valence-electron chi connectivity index (χ3n) is 4.88. The van der Waals surface area contributed by atoms with Gasteiger partial charge in [-0.25, -0.2) is 0 Å². The van der Waals surface area contributed by atoms with Crippen LogP contribution in [-0.4, -0.2) is 21.3 Å². The second kappa shape index (κ2) is 6.34. The summed E-state index contributed by atoms with van der Waals surface area (Å²) in [5.41, 5.74) is 3.35. The van der Waals surface area contributed by atoms with E-state index >= 15 is 0 Å². The fourth-order valence-corrected chi connectivity index (χ4v) is 3.59. The van der Waals surface area contributed by atoms with E-state index in [1.54, 1.807) is 21.3 Å². The third kappa shape index (κ3) is 2.71. The number of fused-ring (bicyclic) bond motifs is 5. The largest absolute Gasteiger partial charge is 0.497 e. The van der Waals surface area contributed by atoms with Gasteiger partial charge in [0, 0.05) is 5.56 Å². The lowest BCUT2D eigenvalue weighted by Gasteiger charge is -2.19. The summed E-state index contributed by atoms with van der Waals surface area (Å²) >= 11 is 0. The van der Waals surface area contributed by atoms with Crippen molar-refractivity contribution in [2.45, 2.75) is 18.6 Å². The minimum absolute atomic E-state index is 0.00514. The summed E-state index contributed by atoms with van der Waals surface area (Å²) in [6, 6.07) is 11.9. The highest BCUT2D eigenvalue weighted by Gasteiger charge is 2.45. The molecule has 4 rings (SSSR count). The fraction of sp³-hybridized carbons (Fsp3) is 0.333. The van der Waals surface area contributed by atoms with Gasteiger partial charge in [0.25, 0.3) is 0 Å². The normalized spacial score (nSPS) is 22.8. The molecule has 128 valence electrons. The first-order valence-electron chi connectivity index (χ1n) is 8.30. The standard InChI is InChI=1S/C21H20O4/c1-22-15-8-5-13(6-9-15)4-7-14-10-18-16-11-19(23-2)20(24-3)12-17(16)21(14)25-18/h5-6,8-9,11-12,14,18,21H,10H2,1-3H3/t14?,18-,21+/m1/s1. The highest BCUT2D eigenvalue weighted by atomic mass is 16.5. The summed E-state index contributed by atoms with van der Waals surface area (Å²) in [6.45, 7) is 0. The van der Waals surface area contributed by atoms with E-state index in [1.807, 2.05) is 36.4 Å². The molecular weight excluding hydrogens is 316 g/mol. The molecule has 2 heterocycles. The summed E-state index contributed by atoms with van der Waals surface area (Å²) < 4.78 is 22.2. The van der Waals surface area contributed by atoms with E-state index in [-0.39, 0.29) is 18.1 Å². The van der Waals surface area contributed by atoms with Crippen LogP contribution in [0.4, 0.5) is 0 Å². The minimum atomic E-state index is 0.00514. The minimum Gasteiger partial charge on any atom is -0.497 e. The quantitative estimate of drug-likeness (QED) is 0.797. The monoisotopic (exact) mass is 336 g/mol. The zero-order valence-corrected chi connectivity index (χ0v) is 14.5. The van der Waals surface area contributed by atoms with Crippen LogP contribution in [0, 0.1) is 17.8 Å². The van der Waals surface area contributed by atoms with Gasteiger partial charge in [0.2, 0.25) is 0 Å². The van der Waals surface area contributed by atoms with E-state index in [1.165, 1.54) is 11.1 Å². The summed E-state index contributed by atoms with van der Waals surface area (Å²) in [5.74, 6) is 9.16. The number of hydrogen-bond donors (Lipinski definition) is 0. The maximum atomic E-state index is 6.15. The summed E-state index contributed by atoms with van der Waals surface area (Å²) in [4.78, 5) is 0. The van der Waals surface area contributed by atoms with E-state index in [0.29, 0.717) is 0 Å². The summed E-state index contributed by atoms with van der Waals surface area (Å²) in [7, 11) is 4.97. The zero-order valence-electron chi connectivity index (χ0n) is 14.5. The molecule has 0 N–H and O–H groups in total. The van der Waals surface area contributed by atoms with Gasteiger partial charge in [-0.3, -0.25) is 0 Å². The first-order valence-corrected chi connectivity index (χ1v) is 8.30. The molecule has 0 aliphatic carbocycles. The van der Waals surface area contributed by atoms with Gasteiger partial charge in [0.1, 0.15) is 5.75 Å². The molecule has 2 aliphatic rings. The lowest BCUT2D eigenvalue weighted by atomic mass is 9.84. The van der Waals surface area contributed by atoms with Crippen molar-refractivity contribution in [1.82, 2.24) is 0 Å². The number of benzene rings is 2. The molecule has 1 fully saturated rings. The van der Waals surface area contributed by atoms with Crippen LogP contribution in [0.2, 0.25) is 0 Å². The molecule has 1 unspecified atom stereocenters. The molecule has 25 heavy (non-hydrogen) atoms. The first-order chi connectivity index (χ1) is 12.2. The van der Waals surface area contributed by atoms with Crippen LogP contribution in [-0.2, 0) is 4.74 Å². The van der Waals surface area contributed by atoms with Crippen LogP contribution in [0.15, 0.2) is 36.4 Å². The van der Waals surface area contributed by atoms with Gasteiger partial charge in [-0.15, -0.1) is 0 Å². The van der Waals surface area contributed by atoms with Crippen LogP contribution in [0.5, 0.6) is 17.2 Å². The number of hydrogen-bond acceptors (Lipinski definition) is 4. The topological polar surface area (TPSA) is 36.9 Å². The predicted molar refractivity (Wildman–Crippen MR) is 94.1 cm³/mol. The average molecular weight is 336 g/mol. The fourth-order valence-electron chi connectivity index (χ4n) is 3.59. The highest BCUT2D eigenvalue weighted by molar-refractivity contribution is 5.52. The Bertz CT molecular complexity index is 845. The van der Waals surface area contributed by atoms with Crippen molar-refractivity contribution in [2.75, 3.05) is 21.3 Å². The average Bonchev–Trinajstić information content (AvgIpc) is 3.24. The second-order valence-electron chi connectivity index (χ2n) is 6.22. The second-order valence-corrected chi connectivity index (χ2v) is 6.22. The van der Waals surface area contributed by atoms with Crippen molar-refractivity contribution < 1.29 is 18.9 Å². The molecule has 2 aliphatic heterocycles. The third-order valence-corrected chi connectivity index (χ3v) is 4.88. The van der Waals surface area contributed by atoms with E-state index < -0.39 is 0 Å². The summed E-state index contributed by atoms with van der Waals surface area (Å²) in [5, 5.41) is 0. The highest BCUT2D eigenvalue weighted by Crippen LogP contribution is 2.55. The van der Waals surface area contributed by atoms with Crippen molar-refractivity contribution in [2.24, 2.45) is 5.92 Å². The Kier molecular flexibility index (Phi) is 4.03. The molecular formula is C21H20O4. The van der Waals surface area contributed by atoms with Crippen LogP contribution in [0.3, 0.4) is 0 Å². The molecule has 3 atom stereocenters. The van der Waals surface area contributed by atoms with E-state index in [2.05, 4.69) is 11.8 Å². The smallest absolute Gasteiger partial charge is 0.161 e. The molecule has 4 heteroatoms. The van der Waals surface area contributed by atoms with Crippen molar-refractivity contribution in [3.05, 3.63) is 53.1 Å². The molecule has 0 aromatic heterocycles. The van der Waals surface area contributed by atoms with Gasteiger partial charge in [0.15, 0.2) is 11.5 Å². The Hall–Kier alpha value is -2.64. The SMILES string of the molecule is COc1ccc(C#CC2C[C@H]3O[C@@H]2c2cc(OC)c(OC)cc23)cc1. The van der Waals surface area contributed by atoms with Gasteiger partial charge in [0.05, 0.1) is 39.5 Å². The molecule has 0 saturated carbocycles. The Morgan fingerprint density at radius 3 is 2.24 bits per heavy atom. The molecule has 2 aromatic carbocycles. The number of rotatable bonds is 3. The van der Waals surface area contributed by atoms with Gasteiger partial charge >= 0.3 is 0 Å². The Morgan fingerprint density at radius 2 is 1.60 bits per heavy atom. The van der Waals surface area contributed by atoms with Crippen molar-refractivity contribution in [3.63, 3.8) is 0 Å². The Balaban J connectivity index is 1.59. The van der Waals surface area contributed by atoms with Gasteiger partial charge in [-0.2, -0.15) is 0 Å². The lowest BCUT2D eigenvalue weighted by Crippen LogP contribution is -2.09. The van der Waals surface area contributed by atoms with Gasteiger partial charge < -0.3 is 18.9 Å². The Labute approximate surface area is 147 Å². The predicted octanol–water partition coefficient (Wildman–Crippen LogP) is 3.90. The van der Waals surface area contributed by atoms with Gasteiger partial charge in [-0.1, -0.05) is 11.8 Å². The Morgan fingerprint density at radius 1 is 0.920 bits per heavy atom. The molecule has 1 saturated heterocycles. The zero-order chi connectivity index (χ0) is 17.4. The van der Waals surface area contributed by atoms with E-state index in [0.717, 1.165) is 29.2 Å². The molecule has 0 amide bonds. The molecule has 2 bridgehead atoms. The van der Waals surface area contributed by atoms with Crippen molar-refractivity contribution >= 4 is 0 Å². The van der Waals surface area contributed by atoms with Crippen LogP contribution in [0.25, 0.3) is 0 Å².